The minimum atomic E-state index is 0.721. The van der Waals surface area contributed by atoms with Crippen molar-refractivity contribution in [1.29, 1.82) is 0 Å². The molecule has 1 nitrogen and oxygen atoms in total. The lowest BCUT2D eigenvalue weighted by molar-refractivity contribution is 1.69. The van der Waals surface area contributed by atoms with Crippen LogP contribution in [0.3, 0.4) is 0 Å². The van der Waals surface area contributed by atoms with Gasteiger partial charge in [-0.15, -0.1) is 0 Å². The average molecular weight is 134 g/mol. The summed E-state index contributed by atoms with van der Waals surface area (Å²) in [5, 5.41) is 0.721. The minimum absolute atomic E-state index is 0.721. The van der Waals surface area contributed by atoms with Crippen molar-refractivity contribution in [1.82, 2.24) is 0 Å². The maximum Gasteiger partial charge on any atom is 0.0407 e. The SMILES string of the molecule is N[13c]1[13cH][13cH][13c](Cl)[13cH][13cH]1. The second kappa shape index (κ2) is 2.05. The van der Waals surface area contributed by atoms with Gasteiger partial charge in [-0.2, -0.15) is 0 Å². The van der Waals surface area contributed by atoms with Gasteiger partial charge in [0.25, 0.3) is 0 Å². The van der Waals surface area contributed by atoms with E-state index in [0.29, 0.717) is 0 Å². The van der Waals surface area contributed by atoms with E-state index in [1.54, 1.807) is 24.3 Å². The molecule has 0 spiro atoms. The van der Waals surface area contributed by atoms with Gasteiger partial charge in [0.05, 0.1) is 0 Å². The average Bonchev–Trinajstić information content (AvgIpc) is 1.77. The van der Waals surface area contributed by atoms with E-state index in [0.717, 1.165) is 10.7 Å². The first kappa shape index (κ1) is 5.45. The number of rotatable bonds is 0. The van der Waals surface area contributed by atoms with Gasteiger partial charge in [0.15, 0.2) is 0 Å². The number of nitrogen functional groups attached to an aromatic ring is 1. The summed E-state index contributed by atoms with van der Waals surface area (Å²) < 4.78 is 0. The smallest absolute Gasteiger partial charge is 0.0407 e. The predicted molar refractivity (Wildman–Crippen MR) is 35.9 cm³/mol. The van der Waals surface area contributed by atoms with Gasteiger partial charge in [0.2, 0.25) is 0 Å². The summed E-state index contributed by atoms with van der Waals surface area (Å²) in [6, 6.07) is 7.05. The third-order valence-corrected chi connectivity index (χ3v) is 1.12. The molecule has 1 aromatic rings. The zero-order chi connectivity index (χ0) is 5.98. The van der Waals surface area contributed by atoms with Crippen molar-refractivity contribution in [3.05, 3.63) is 29.3 Å². The Hall–Kier alpha value is -0.690. The summed E-state index contributed by atoms with van der Waals surface area (Å²) in [6.45, 7) is 0. The molecule has 2 heteroatoms. The molecule has 0 bridgehead atoms. The van der Waals surface area contributed by atoms with Crippen molar-refractivity contribution >= 4 is 17.3 Å². The molecule has 0 aliphatic rings. The van der Waals surface area contributed by atoms with Gasteiger partial charge in [-0.3, -0.25) is 0 Å². The second-order valence-electron chi connectivity index (χ2n) is 1.55. The third kappa shape index (κ3) is 1.14. The zero-order valence-electron chi connectivity index (χ0n) is 4.26. The first-order valence-electron chi connectivity index (χ1n) is 2.30. The Labute approximate surface area is 53.1 Å². The molecule has 1 rings (SSSR count). The van der Waals surface area contributed by atoms with Crippen LogP contribution in [0.4, 0.5) is 5.69 Å². The van der Waals surface area contributed by atoms with Crippen LogP contribution >= 0.6 is 11.6 Å². The molecule has 0 radical (unpaired) electrons. The van der Waals surface area contributed by atoms with Crippen molar-refractivity contribution in [3.63, 3.8) is 0 Å². The summed E-state index contributed by atoms with van der Waals surface area (Å²) in [5.41, 5.74) is 6.11. The molecule has 0 amide bonds. The van der Waals surface area contributed by atoms with Crippen LogP contribution in [0.15, 0.2) is 24.3 Å². The largest absolute Gasteiger partial charge is 0.399 e. The predicted octanol–water partition coefficient (Wildman–Crippen LogP) is 1.92. The molecule has 0 saturated carbocycles. The van der Waals surface area contributed by atoms with Crippen molar-refractivity contribution in [2.75, 3.05) is 5.73 Å². The van der Waals surface area contributed by atoms with Crippen LogP contribution in [-0.2, 0) is 0 Å². The highest BCUT2D eigenvalue weighted by atomic mass is 35.5. The van der Waals surface area contributed by atoms with Crippen LogP contribution in [-0.4, -0.2) is 0 Å². The highest BCUT2D eigenvalue weighted by molar-refractivity contribution is 6.30. The van der Waals surface area contributed by atoms with Gasteiger partial charge in [-0.1, -0.05) is 11.6 Å². The molecule has 0 atom stereocenters. The molecule has 0 aliphatic heterocycles. The van der Waals surface area contributed by atoms with Gasteiger partial charge in [-0.25, -0.2) is 0 Å². The maximum atomic E-state index is 5.56. The highest BCUT2D eigenvalue weighted by Gasteiger charge is 1.82. The molecule has 2 N–H and O–H groups in total. The molecule has 1 aromatic carbocycles. The van der Waals surface area contributed by atoms with Gasteiger partial charge in [0, 0.05) is 10.7 Å². The summed E-state index contributed by atoms with van der Waals surface area (Å²) in [4.78, 5) is 0. The highest BCUT2D eigenvalue weighted by Crippen LogP contribution is 2.09. The fraction of sp³-hybridized carbons (Fsp3) is 0. The first-order valence-corrected chi connectivity index (χ1v) is 2.68. The Balaban J connectivity index is 3.03. The van der Waals surface area contributed by atoms with Gasteiger partial charge in [0.1, 0.15) is 0 Å². The number of nitrogens with two attached hydrogens (primary N) is 1. The molecule has 0 saturated heterocycles. The second-order valence-corrected chi connectivity index (χ2v) is 1.99. The van der Waals surface area contributed by atoms with E-state index in [9.17, 15) is 0 Å². The van der Waals surface area contributed by atoms with E-state index in [1.807, 2.05) is 0 Å². The molecular weight excluding hydrogens is 127 g/mol. The first-order chi connectivity index (χ1) is 3.79. The van der Waals surface area contributed by atoms with Crippen LogP contribution in [0.1, 0.15) is 0 Å². The number of benzene rings is 1. The normalized spacial score (nSPS) is 9.12. The number of halogens is 1. The fourth-order valence-corrected chi connectivity index (χ4v) is 0.589. The summed E-state index contributed by atoms with van der Waals surface area (Å²) in [5.74, 6) is 0. The standard InChI is InChI=1S/C6H6ClN/c7-5-1-3-6(8)4-2-5/h1-4H,8H2/i1+1,2+1,3+1,4+1,5+1,6+1. The summed E-state index contributed by atoms with van der Waals surface area (Å²) >= 11 is 5.56. The summed E-state index contributed by atoms with van der Waals surface area (Å²) in [6.07, 6.45) is 0. The van der Waals surface area contributed by atoms with E-state index >= 15 is 0 Å². The fourth-order valence-electron chi connectivity index (χ4n) is 0.463. The molecule has 0 fully saturated rings. The quantitative estimate of drug-likeness (QED) is 0.538. The lowest BCUT2D eigenvalue weighted by atomic mass is 11.3. The van der Waals surface area contributed by atoms with Crippen LogP contribution in [0.25, 0.3) is 0 Å². The van der Waals surface area contributed by atoms with Gasteiger partial charge < -0.3 is 5.73 Å². The molecular formula is C6H6ClN. The number of anilines is 1. The van der Waals surface area contributed by atoms with Crippen LogP contribution < -0.4 is 5.73 Å². The van der Waals surface area contributed by atoms with Crippen LogP contribution in [0.2, 0.25) is 5.02 Å². The Morgan fingerprint density at radius 3 is 2.00 bits per heavy atom. The number of hydrogen-bond donors (Lipinski definition) is 1. The van der Waals surface area contributed by atoms with Crippen LogP contribution in [0.5, 0.6) is 0 Å². The van der Waals surface area contributed by atoms with Crippen molar-refractivity contribution in [2.45, 2.75) is 0 Å². The number of hydrogen-bond acceptors (Lipinski definition) is 1. The zero-order valence-corrected chi connectivity index (χ0v) is 5.02. The molecule has 0 aliphatic carbocycles. The molecule has 42 valence electrons. The van der Waals surface area contributed by atoms with E-state index in [4.69, 9.17) is 17.3 Å². The van der Waals surface area contributed by atoms with Gasteiger partial charge >= 0.3 is 0 Å². The van der Waals surface area contributed by atoms with E-state index in [1.165, 1.54) is 0 Å². The third-order valence-electron chi connectivity index (χ3n) is 0.870. The Morgan fingerprint density at radius 2 is 1.62 bits per heavy atom. The molecule has 8 heavy (non-hydrogen) atoms. The van der Waals surface area contributed by atoms with Crippen molar-refractivity contribution < 1.29 is 0 Å². The Morgan fingerprint density at radius 1 is 1.12 bits per heavy atom. The van der Waals surface area contributed by atoms with E-state index in [2.05, 4.69) is 0 Å². The maximum absolute atomic E-state index is 5.56. The van der Waals surface area contributed by atoms with E-state index in [-0.39, 0.29) is 0 Å². The van der Waals surface area contributed by atoms with Crippen molar-refractivity contribution in [2.24, 2.45) is 0 Å². The molecule has 0 aromatic heterocycles. The topological polar surface area (TPSA) is 26.0 Å². The lowest BCUT2D eigenvalue weighted by Crippen LogP contribution is -1.80. The van der Waals surface area contributed by atoms with Crippen LogP contribution in [0, 0.1) is 0 Å². The molecule has 0 heterocycles. The molecule has 0 unspecified atom stereocenters. The minimum Gasteiger partial charge on any atom is -0.399 e. The van der Waals surface area contributed by atoms with Crippen molar-refractivity contribution in [3.8, 4) is 0 Å². The Bertz CT molecular complexity index is 147. The summed E-state index contributed by atoms with van der Waals surface area (Å²) in [7, 11) is 0. The lowest BCUT2D eigenvalue weighted by Gasteiger charge is -1.88. The van der Waals surface area contributed by atoms with E-state index < -0.39 is 0 Å². The Kier molecular flexibility index (Phi) is 1.40. The van der Waals surface area contributed by atoms with Gasteiger partial charge in [-0.05, 0) is 24.3 Å². The monoisotopic (exact) mass is 133 g/mol.